The number of aromatic nitrogens is 2. The van der Waals surface area contributed by atoms with Crippen LogP contribution in [-0.4, -0.2) is 58.8 Å². The third-order valence-electron chi connectivity index (χ3n) is 5.57. The number of aryl methyl sites for hydroxylation is 1. The van der Waals surface area contributed by atoms with E-state index in [2.05, 4.69) is 55.8 Å². The molecule has 1 fully saturated rings. The van der Waals surface area contributed by atoms with E-state index in [1.54, 1.807) is 0 Å². The van der Waals surface area contributed by atoms with Gasteiger partial charge >= 0.3 is 0 Å². The maximum atomic E-state index is 4.61. The van der Waals surface area contributed by atoms with Crippen LogP contribution in [0.2, 0.25) is 0 Å². The monoisotopic (exact) mass is 368 g/mol. The molecule has 1 aromatic rings. The van der Waals surface area contributed by atoms with E-state index >= 15 is 0 Å². The standard InChI is InChI=1S/C21H32N6/c1-6-21(22-15-20-16(2)26(5)17(3)23-20)24-18-7-9-19(10-8-18)27-13-11-25(4)12-14-27/h6-7,9,15,24H,8,10-14H2,1-5H3/b21-6-,22-15-. The molecule has 0 atom stereocenters. The van der Waals surface area contributed by atoms with Crippen LogP contribution in [0.25, 0.3) is 0 Å². The molecule has 0 saturated carbocycles. The Morgan fingerprint density at radius 1 is 1.11 bits per heavy atom. The fourth-order valence-electron chi connectivity index (χ4n) is 3.43. The third kappa shape index (κ3) is 4.69. The number of hydrogen-bond donors (Lipinski definition) is 1. The van der Waals surface area contributed by atoms with Gasteiger partial charge in [0.05, 0.1) is 6.21 Å². The molecule has 1 aliphatic carbocycles. The van der Waals surface area contributed by atoms with Crippen molar-refractivity contribution in [3.05, 3.63) is 52.7 Å². The largest absolute Gasteiger partial charge is 0.372 e. The van der Waals surface area contributed by atoms with Crippen molar-refractivity contribution in [1.29, 1.82) is 0 Å². The number of allylic oxidation sites excluding steroid dienone is 5. The van der Waals surface area contributed by atoms with Crippen LogP contribution in [0.15, 0.2) is 40.4 Å². The van der Waals surface area contributed by atoms with Crippen LogP contribution in [0.5, 0.6) is 0 Å². The van der Waals surface area contributed by atoms with Crippen molar-refractivity contribution in [3.63, 3.8) is 0 Å². The van der Waals surface area contributed by atoms with Gasteiger partial charge in [0, 0.05) is 50.3 Å². The zero-order valence-electron chi connectivity index (χ0n) is 17.3. The van der Waals surface area contributed by atoms with E-state index in [4.69, 9.17) is 0 Å². The van der Waals surface area contributed by atoms with Gasteiger partial charge < -0.3 is 19.7 Å². The quantitative estimate of drug-likeness (QED) is 0.812. The molecule has 1 saturated heterocycles. The van der Waals surface area contributed by atoms with Crippen molar-refractivity contribution >= 4 is 6.21 Å². The number of nitrogens with zero attached hydrogens (tertiary/aromatic N) is 5. The first-order valence-electron chi connectivity index (χ1n) is 9.78. The summed E-state index contributed by atoms with van der Waals surface area (Å²) in [4.78, 5) is 14.1. The van der Waals surface area contributed by atoms with Crippen LogP contribution in [-0.2, 0) is 7.05 Å². The minimum Gasteiger partial charge on any atom is -0.372 e. The smallest absolute Gasteiger partial charge is 0.125 e. The van der Waals surface area contributed by atoms with Crippen LogP contribution in [0.3, 0.4) is 0 Å². The molecule has 0 radical (unpaired) electrons. The average Bonchev–Trinajstić information content (AvgIpc) is 2.93. The predicted molar refractivity (Wildman–Crippen MR) is 112 cm³/mol. The van der Waals surface area contributed by atoms with E-state index in [9.17, 15) is 0 Å². The lowest BCUT2D eigenvalue weighted by Gasteiger charge is -2.36. The average molecular weight is 369 g/mol. The zero-order valence-corrected chi connectivity index (χ0v) is 17.3. The Kier molecular flexibility index (Phi) is 6.16. The summed E-state index contributed by atoms with van der Waals surface area (Å²) in [5.74, 6) is 1.86. The Morgan fingerprint density at radius 2 is 1.85 bits per heavy atom. The van der Waals surface area contributed by atoms with E-state index in [1.165, 1.54) is 11.4 Å². The zero-order chi connectivity index (χ0) is 19.4. The summed E-state index contributed by atoms with van der Waals surface area (Å²) in [6, 6.07) is 0. The SMILES string of the molecule is C/C=C(/N=C\c1nc(C)n(C)c1C)NC1=CC=C(N2CCN(C)CC2)CC1. The molecule has 0 unspecified atom stereocenters. The van der Waals surface area contributed by atoms with Gasteiger partial charge in [-0.2, -0.15) is 0 Å². The highest BCUT2D eigenvalue weighted by Gasteiger charge is 2.18. The lowest BCUT2D eigenvalue weighted by Crippen LogP contribution is -2.44. The number of imidazole rings is 1. The third-order valence-corrected chi connectivity index (χ3v) is 5.57. The normalized spacial score (nSPS) is 19.4. The van der Waals surface area contributed by atoms with Gasteiger partial charge in [0.1, 0.15) is 17.3 Å². The summed E-state index contributed by atoms with van der Waals surface area (Å²) in [5, 5.41) is 3.47. The molecule has 0 spiro atoms. The number of rotatable bonds is 5. The first-order valence-corrected chi connectivity index (χ1v) is 9.78. The topological polar surface area (TPSA) is 48.7 Å². The lowest BCUT2D eigenvalue weighted by atomic mass is 10.1. The molecule has 3 rings (SSSR count). The molecule has 146 valence electrons. The maximum Gasteiger partial charge on any atom is 0.125 e. The summed E-state index contributed by atoms with van der Waals surface area (Å²) in [6.07, 6.45) is 10.4. The highest BCUT2D eigenvalue weighted by molar-refractivity contribution is 5.79. The summed E-state index contributed by atoms with van der Waals surface area (Å²) in [6.45, 7) is 10.6. The Hall–Kier alpha value is -2.34. The highest BCUT2D eigenvalue weighted by atomic mass is 15.3. The molecule has 0 amide bonds. The molecule has 6 nitrogen and oxygen atoms in total. The van der Waals surface area contributed by atoms with Crippen molar-refractivity contribution in [3.8, 4) is 0 Å². The van der Waals surface area contributed by atoms with Crippen molar-refractivity contribution < 1.29 is 0 Å². The fourth-order valence-corrected chi connectivity index (χ4v) is 3.43. The van der Waals surface area contributed by atoms with Crippen molar-refractivity contribution in [2.24, 2.45) is 12.0 Å². The van der Waals surface area contributed by atoms with Crippen LogP contribution >= 0.6 is 0 Å². The molecule has 2 aliphatic rings. The highest BCUT2D eigenvalue weighted by Crippen LogP contribution is 2.22. The number of hydrogen-bond acceptors (Lipinski definition) is 5. The van der Waals surface area contributed by atoms with Crippen molar-refractivity contribution in [2.75, 3.05) is 33.2 Å². The second kappa shape index (κ2) is 8.57. The van der Waals surface area contributed by atoms with Gasteiger partial charge in [0.2, 0.25) is 0 Å². The fraction of sp³-hybridized carbons (Fsp3) is 0.524. The Morgan fingerprint density at radius 3 is 2.41 bits per heavy atom. The van der Waals surface area contributed by atoms with Crippen LogP contribution in [0.1, 0.15) is 37.0 Å². The molecular formula is C21H32N6. The van der Waals surface area contributed by atoms with E-state index in [0.717, 1.165) is 62.1 Å². The molecule has 1 N–H and O–H groups in total. The number of likely N-dealkylation sites (N-methyl/N-ethyl adjacent to an activating group) is 1. The number of nitrogens with one attached hydrogen (secondary N) is 1. The van der Waals surface area contributed by atoms with E-state index in [1.807, 2.05) is 33.2 Å². The van der Waals surface area contributed by atoms with E-state index < -0.39 is 0 Å². The molecule has 27 heavy (non-hydrogen) atoms. The number of aliphatic imine (C=N–C) groups is 1. The summed E-state index contributed by atoms with van der Waals surface area (Å²) >= 11 is 0. The molecule has 0 aromatic carbocycles. The minimum atomic E-state index is 0.861. The molecule has 1 aromatic heterocycles. The van der Waals surface area contributed by atoms with Gasteiger partial charge in [-0.1, -0.05) is 0 Å². The molecule has 2 heterocycles. The summed E-state index contributed by atoms with van der Waals surface area (Å²) in [7, 11) is 4.22. The van der Waals surface area contributed by atoms with E-state index in [0.29, 0.717) is 0 Å². The van der Waals surface area contributed by atoms with Gasteiger partial charge in [-0.05, 0) is 58.9 Å². The molecule has 1 aliphatic heterocycles. The van der Waals surface area contributed by atoms with Crippen LogP contribution < -0.4 is 5.32 Å². The van der Waals surface area contributed by atoms with Crippen LogP contribution in [0, 0.1) is 13.8 Å². The first kappa shape index (κ1) is 19.4. The summed E-state index contributed by atoms with van der Waals surface area (Å²) < 4.78 is 2.08. The second-order valence-electron chi connectivity index (χ2n) is 7.39. The maximum absolute atomic E-state index is 4.61. The van der Waals surface area contributed by atoms with Gasteiger partial charge in [-0.15, -0.1) is 0 Å². The summed E-state index contributed by atoms with van der Waals surface area (Å²) in [5.41, 5.74) is 4.72. The second-order valence-corrected chi connectivity index (χ2v) is 7.39. The van der Waals surface area contributed by atoms with Gasteiger partial charge in [-0.3, -0.25) is 0 Å². The van der Waals surface area contributed by atoms with Crippen molar-refractivity contribution in [2.45, 2.75) is 33.6 Å². The molecule has 6 heteroatoms. The Labute approximate surface area is 163 Å². The first-order chi connectivity index (χ1) is 13.0. The predicted octanol–water partition coefficient (Wildman–Crippen LogP) is 2.72. The van der Waals surface area contributed by atoms with Gasteiger partial charge in [0.15, 0.2) is 0 Å². The van der Waals surface area contributed by atoms with E-state index in [-0.39, 0.29) is 0 Å². The Bertz CT molecular complexity index is 788. The van der Waals surface area contributed by atoms with Crippen LogP contribution in [0.4, 0.5) is 0 Å². The van der Waals surface area contributed by atoms with Gasteiger partial charge in [0.25, 0.3) is 0 Å². The minimum absolute atomic E-state index is 0.861. The lowest BCUT2D eigenvalue weighted by molar-refractivity contribution is 0.182. The van der Waals surface area contributed by atoms with Crippen molar-refractivity contribution in [1.82, 2.24) is 24.7 Å². The number of piperazine rings is 1. The molecule has 0 bridgehead atoms. The molecular weight excluding hydrogens is 336 g/mol. The van der Waals surface area contributed by atoms with Gasteiger partial charge in [-0.25, -0.2) is 9.98 Å². The Balaban J connectivity index is 1.62.